The lowest BCUT2D eigenvalue weighted by Crippen LogP contribution is -2.34. The van der Waals surface area contributed by atoms with Gasteiger partial charge in [0, 0.05) is 18.2 Å². The zero-order chi connectivity index (χ0) is 15.3. The maximum atomic E-state index is 10.4. The summed E-state index contributed by atoms with van der Waals surface area (Å²) in [7, 11) is 0. The average Bonchev–Trinajstić information content (AvgIpc) is 2.97. The summed E-state index contributed by atoms with van der Waals surface area (Å²) in [5.41, 5.74) is 0.224. The molecule has 2 N–H and O–H groups in total. The van der Waals surface area contributed by atoms with E-state index < -0.39 is 5.60 Å². The molecule has 2 rings (SSSR count). The molecule has 0 aromatic heterocycles. The van der Waals surface area contributed by atoms with Crippen molar-refractivity contribution in [3.8, 4) is 17.2 Å². The molecule has 1 aromatic rings. The molecule has 1 aliphatic heterocycles. The lowest BCUT2D eigenvalue weighted by Gasteiger charge is -2.26. The van der Waals surface area contributed by atoms with Crippen LogP contribution >= 0.6 is 0 Å². The zero-order valence-corrected chi connectivity index (χ0v) is 13.1. The van der Waals surface area contributed by atoms with Crippen LogP contribution in [0.2, 0.25) is 0 Å². The van der Waals surface area contributed by atoms with Crippen LogP contribution in [0.15, 0.2) is 12.1 Å². The Kier molecular flexibility index (Phi) is 5.31. The molecule has 1 heterocycles. The van der Waals surface area contributed by atoms with Crippen molar-refractivity contribution in [3.63, 3.8) is 0 Å². The van der Waals surface area contributed by atoms with Crippen LogP contribution in [-0.4, -0.2) is 30.7 Å². The first kappa shape index (κ1) is 15.9. The molecule has 0 saturated carbocycles. The second kappa shape index (κ2) is 7.00. The third-order valence-corrected chi connectivity index (χ3v) is 3.93. The highest BCUT2D eigenvalue weighted by Crippen LogP contribution is 2.38. The van der Waals surface area contributed by atoms with Crippen molar-refractivity contribution in [2.24, 2.45) is 0 Å². The van der Waals surface area contributed by atoms with E-state index in [-0.39, 0.29) is 13.4 Å². The number of hydrogen-bond acceptors (Lipinski definition) is 5. The summed E-state index contributed by atoms with van der Waals surface area (Å²) in [6, 6.07) is 3.79. The van der Waals surface area contributed by atoms with Crippen LogP contribution in [0.1, 0.15) is 39.2 Å². The predicted molar refractivity (Wildman–Crippen MR) is 81.0 cm³/mol. The smallest absolute Gasteiger partial charge is 0.231 e. The molecule has 5 nitrogen and oxygen atoms in total. The molecule has 0 saturated heterocycles. The summed E-state index contributed by atoms with van der Waals surface area (Å²) in [5.74, 6) is 2.18. The monoisotopic (exact) mass is 295 g/mol. The van der Waals surface area contributed by atoms with Crippen molar-refractivity contribution in [2.45, 2.75) is 45.8 Å². The summed E-state index contributed by atoms with van der Waals surface area (Å²) < 4.78 is 16.7. The quantitative estimate of drug-likeness (QED) is 0.771. The molecule has 0 spiro atoms. The van der Waals surface area contributed by atoms with Crippen LogP contribution < -0.4 is 19.5 Å². The maximum Gasteiger partial charge on any atom is 0.231 e. The maximum absolute atomic E-state index is 10.4. The van der Waals surface area contributed by atoms with E-state index in [0.29, 0.717) is 25.1 Å². The zero-order valence-electron chi connectivity index (χ0n) is 13.1. The van der Waals surface area contributed by atoms with Crippen LogP contribution in [-0.2, 0) is 6.54 Å². The Labute approximate surface area is 126 Å². The summed E-state index contributed by atoms with van der Waals surface area (Å²) >= 11 is 0. The SMILES string of the molecule is CCNCc1cc2c(cc1OCC(O)(CC)CC)OCO2. The first-order valence-electron chi connectivity index (χ1n) is 7.60. The van der Waals surface area contributed by atoms with Gasteiger partial charge in [-0.15, -0.1) is 0 Å². The van der Waals surface area contributed by atoms with Gasteiger partial charge in [0.15, 0.2) is 11.5 Å². The van der Waals surface area contributed by atoms with Gasteiger partial charge in [0.1, 0.15) is 12.4 Å². The number of fused-ring (bicyclic) bond motifs is 1. The highest BCUT2D eigenvalue weighted by molar-refractivity contribution is 5.51. The highest BCUT2D eigenvalue weighted by Gasteiger charge is 2.25. The number of aliphatic hydroxyl groups is 1. The molecule has 0 aliphatic carbocycles. The summed E-state index contributed by atoms with van der Waals surface area (Å²) in [5, 5.41) is 13.6. The number of rotatable bonds is 8. The summed E-state index contributed by atoms with van der Waals surface area (Å²) in [6.07, 6.45) is 1.33. The van der Waals surface area contributed by atoms with Gasteiger partial charge in [0.2, 0.25) is 6.79 Å². The molecule has 21 heavy (non-hydrogen) atoms. The highest BCUT2D eigenvalue weighted by atomic mass is 16.7. The fourth-order valence-corrected chi connectivity index (χ4v) is 2.16. The van der Waals surface area contributed by atoms with Gasteiger partial charge in [0.25, 0.3) is 0 Å². The lowest BCUT2D eigenvalue weighted by molar-refractivity contribution is -0.0116. The average molecular weight is 295 g/mol. The van der Waals surface area contributed by atoms with Crippen LogP contribution in [0.4, 0.5) is 0 Å². The number of ether oxygens (including phenoxy) is 3. The van der Waals surface area contributed by atoms with Crippen LogP contribution in [0.3, 0.4) is 0 Å². The Morgan fingerprint density at radius 1 is 1.19 bits per heavy atom. The van der Waals surface area contributed by atoms with Crippen molar-refractivity contribution in [3.05, 3.63) is 17.7 Å². The third-order valence-electron chi connectivity index (χ3n) is 3.93. The van der Waals surface area contributed by atoms with Crippen LogP contribution in [0.5, 0.6) is 17.2 Å². The van der Waals surface area contributed by atoms with Crippen molar-refractivity contribution in [1.82, 2.24) is 5.32 Å². The molecular formula is C16H25NO4. The van der Waals surface area contributed by atoms with Gasteiger partial charge in [-0.2, -0.15) is 0 Å². The third kappa shape index (κ3) is 3.80. The van der Waals surface area contributed by atoms with Crippen LogP contribution in [0.25, 0.3) is 0 Å². The molecule has 5 heteroatoms. The van der Waals surface area contributed by atoms with Gasteiger partial charge in [-0.05, 0) is 25.5 Å². The Morgan fingerprint density at radius 2 is 1.86 bits per heavy atom. The Morgan fingerprint density at radius 3 is 2.48 bits per heavy atom. The first-order valence-corrected chi connectivity index (χ1v) is 7.60. The van der Waals surface area contributed by atoms with Crippen molar-refractivity contribution >= 4 is 0 Å². The lowest BCUT2D eigenvalue weighted by atomic mass is 9.99. The second-order valence-electron chi connectivity index (χ2n) is 5.31. The molecular weight excluding hydrogens is 270 g/mol. The van der Waals surface area contributed by atoms with E-state index in [1.165, 1.54) is 0 Å². The van der Waals surface area contributed by atoms with Crippen molar-refractivity contribution in [1.29, 1.82) is 0 Å². The van der Waals surface area contributed by atoms with E-state index in [0.717, 1.165) is 23.6 Å². The second-order valence-corrected chi connectivity index (χ2v) is 5.31. The Hall–Kier alpha value is -1.46. The number of benzene rings is 1. The predicted octanol–water partition coefficient (Wildman–Crippen LogP) is 2.45. The van der Waals surface area contributed by atoms with Gasteiger partial charge in [-0.1, -0.05) is 20.8 Å². The van der Waals surface area contributed by atoms with E-state index in [1.54, 1.807) is 0 Å². The minimum absolute atomic E-state index is 0.243. The molecule has 1 aliphatic rings. The van der Waals surface area contributed by atoms with Gasteiger partial charge >= 0.3 is 0 Å². The largest absolute Gasteiger partial charge is 0.490 e. The van der Waals surface area contributed by atoms with E-state index in [4.69, 9.17) is 14.2 Å². The fourth-order valence-electron chi connectivity index (χ4n) is 2.16. The van der Waals surface area contributed by atoms with Crippen molar-refractivity contribution < 1.29 is 19.3 Å². The Bertz CT molecular complexity index is 472. The molecule has 1 aromatic carbocycles. The van der Waals surface area contributed by atoms with Crippen molar-refractivity contribution in [2.75, 3.05) is 19.9 Å². The van der Waals surface area contributed by atoms with Gasteiger partial charge in [-0.3, -0.25) is 0 Å². The minimum Gasteiger partial charge on any atom is -0.490 e. The van der Waals surface area contributed by atoms with Crippen LogP contribution in [0, 0.1) is 0 Å². The van der Waals surface area contributed by atoms with E-state index in [1.807, 2.05) is 26.0 Å². The first-order chi connectivity index (χ1) is 10.1. The molecule has 0 unspecified atom stereocenters. The normalized spacial score (nSPS) is 13.5. The van der Waals surface area contributed by atoms with E-state index in [9.17, 15) is 5.11 Å². The molecule has 0 atom stereocenters. The van der Waals surface area contributed by atoms with Gasteiger partial charge in [0.05, 0.1) is 5.60 Å². The topological polar surface area (TPSA) is 60.0 Å². The summed E-state index contributed by atoms with van der Waals surface area (Å²) in [6.45, 7) is 8.07. The van der Waals surface area contributed by atoms with E-state index >= 15 is 0 Å². The van der Waals surface area contributed by atoms with Gasteiger partial charge < -0.3 is 24.6 Å². The summed E-state index contributed by atoms with van der Waals surface area (Å²) in [4.78, 5) is 0. The number of hydrogen-bond donors (Lipinski definition) is 2. The van der Waals surface area contributed by atoms with E-state index in [2.05, 4.69) is 12.2 Å². The molecule has 118 valence electrons. The minimum atomic E-state index is -0.786. The fraction of sp³-hybridized carbons (Fsp3) is 0.625. The standard InChI is InChI=1S/C16H25NO4/c1-4-16(18,5-2)10-19-13-8-15-14(20-11-21-15)7-12(13)9-17-6-3/h7-8,17-18H,4-6,9-11H2,1-3H3. The molecule has 0 fully saturated rings. The molecule has 0 amide bonds. The number of nitrogens with one attached hydrogen (secondary N) is 1. The molecule has 0 bridgehead atoms. The van der Waals surface area contributed by atoms with Gasteiger partial charge in [-0.25, -0.2) is 0 Å². The Balaban J connectivity index is 2.16. The molecule has 0 radical (unpaired) electrons.